The number of carboxylic acid groups (broad SMARTS) is 1. The zero-order valence-electron chi connectivity index (χ0n) is 6.76. The van der Waals surface area contributed by atoms with Crippen molar-refractivity contribution in [3.63, 3.8) is 0 Å². The summed E-state index contributed by atoms with van der Waals surface area (Å²) in [4.78, 5) is 10.2. The molecule has 62 valence electrons. The Bertz CT molecular complexity index is 176. The van der Waals surface area contributed by atoms with Gasteiger partial charge in [-0.15, -0.1) is 11.8 Å². The Hall–Kier alpha value is -1.01. The lowest BCUT2D eigenvalue weighted by atomic mass is 10.2. The molecule has 0 saturated heterocycles. The molecule has 11 heavy (non-hydrogen) atoms. The molecular formula is C8H12O3. The first kappa shape index (κ1) is 9.99. The van der Waals surface area contributed by atoms with Gasteiger partial charge in [-0.2, -0.15) is 0 Å². The lowest BCUT2D eigenvalue weighted by molar-refractivity contribution is -0.139. The second-order valence-electron chi connectivity index (χ2n) is 2.09. The smallest absolute Gasteiger partial charge is 0.306 e. The minimum atomic E-state index is -0.852. The SMILES string of the molecule is CC#CCC(CC(=O)O)OC. The molecule has 3 heteroatoms. The summed E-state index contributed by atoms with van der Waals surface area (Å²) < 4.78 is 4.88. The van der Waals surface area contributed by atoms with Crippen molar-refractivity contribution in [2.45, 2.75) is 25.9 Å². The molecule has 0 aliphatic heterocycles. The standard InChI is InChI=1S/C8H12O3/c1-3-4-5-7(11-2)6-8(9)10/h7H,5-6H2,1-2H3,(H,9,10). The van der Waals surface area contributed by atoms with Crippen molar-refractivity contribution < 1.29 is 14.6 Å². The third-order valence-corrected chi connectivity index (χ3v) is 1.24. The summed E-state index contributed by atoms with van der Waals surface area (Å²) in [7, 11) is 1.49. The van der Waals surface area contributed by atoms with Gasteiger partial charge < -0.3 is 9.84 Å². The zero-order chi connectivity index (χ0) is 8.69. The van der Waals surface area contributed by atoms with Crippen LogP contribution in [0.2, 0.25) is 0 Å². The van der Waals surface area contributed by atoms with Gasteiger partial charge in [-0.1, -0.05) is 0 Å². The second kappa shape index (κ2) is 5.75. The van der Waals surface area contributed by atoms with Gasteiger partial charge >= 0.3 is 5.97 Å². The van der Waals surface area contributed by atoms with E-state index in [4.69, 9.17) is 9.84 Å². The summed E-state index contributed by atoms with van der Waals surface area (Å²) in [5.74, 6) is 4.60. The average molecular weight is 156 g/mol. The van der Waals surface area contributed by atoms with Crippen LogP contribution in [-0.4, -0.2) is 24.3 Å². The molecule has 0 fully saturated rings. The summed E-state index contributed by atoms with van der Waals surface area (Å²) in [6.45, 7) is 1.72. The van der Waals surface area contributed by atoms with Crippen LogP contribution in [0.25, 0.3) is 0 Å². The molecule has 0 heterocycles. The van der Waals surface area contributed by atoms with E-state index in [9.17, 15) is 4.79 Å². The third kappa shape index (κ3) is 5.43. The van der Waals surface area contributed by atoms with Gasteiger partial charge in [-0.3, -0.25) is 4.79 Å². The Labute approximate surface area is 66.4 Å². The minimum absolute atomic E-state index is 0.0190. The van der Waals surface area contributed by atoms with Crippen LogP contribution < -0.4 is 0 Å². The highest BCUT2D eigenvalue weighted by Crippen LogP contribution is 2.00. The maximum absolute atomic E-state index is 10.2. The van der Waals surface area contributed by atoms with Crippen molar-refractivity contribution in [2.75, 3.05) is 7.11 Å². The van der Waals surface area contributed by atoms with Crippen LogP contribution in [-0.2, 0) is 9.53 Å². The normalized spacial score (nSPS) is 11.5. The van der Waals surface area contributed by atoms with E-state index < -0.39 is 5.97 Å². The predicted molar refractivity (Wildman–Crippen MR) is 41.1 cm³/mol. The van der Waals surface area contributed by atoms with Crippen molar-refractivity contribution in [3.8, 4) is 11.8 Å². The highest BCUT2D eigenvalue weighted by Gasteiger charge is 2.09. The monoisotopic (exact) mass is 156 g/mol. The van der Waals surface area contributed by atoms with Crippen LogP contribution in [0.5, 0.6) is 0 Å². The van der Waals surface area contributed by atoms with Gasteiger partial charge in [0.1, 0.15) is 0 Å². The molecule has 0 spiro atoms. The number of methoxy groups -OCH3 is 1. The molecule has 0 rings (SSSR count). The minimum Gasteiger partial charge on any atom is -0.481 e. The Kier molecular flexibility index (Phi) is 5.22. The summed E-state index contributed by atoms with van der Waals surface area (Å²) in [6, 6.07) is 0. The van der Waals surface area contributed by atoms with Crippen molar-refractivity contribution in [3.05, 3.63) is 0 Å². The summed E-state index contributed by atoms with van der Waals surface area (Å²) >= 11 is 0. The molecule has 0 aromatic carbocycles. The highest BCUT2D eigenvalue weighted by molar-refractivity contribution is 5.67. The molecule has 1 N–H and O–H groups in total. The van der Waals surface area contributed by atoms with Crippen LogP contribution in [0.15, 0.2) is 0 Å². The Morgan fingerprint density at radius 2 is 2.36 bits per heavy atom. The number of rotatable bonds is 4. The van der Waals surface area contributed by atoms with Crippen molar-refractivity contribution in [1.29, 1.82) is 0 Å². The van der Waals surface area contributed by atoms with E-state index in [-0.39, 0.29) is 12.5 Å². The lowest BCUT2D eigenvalue weighted by Gasteiger charge is -2.07. The quantitative estimate of drug-likeness (QED) is 0.615. The van der Waals surface area contributed by atoms with Gasteiger partial charge in [0, 0.05) is 13.5 Å². The van der Waals surface area contributed by atoms with Crippen LogP contribution in [0.1, 0.15) is 19.8 Å². The van der Waals surface area contributed by atoms with Crippen LogP contribution >= 0.6 is 0 Å². The second-order valence-corrected chi connectivity index (χ2v) is 2.09. The summed E-state index contributed by atoms with van der Waals surface area (Å²) in [6.07, 6.45) is 0.227. The molecular weight excluding hydrogens is 144 g/mol. The van der Waals surface area contributed by atoms with Crippen LogP contribution in [0.4, 0.5) is 0 Å². The molecule has 0 amide bonds. The molecule has 0 aliphatic carbocycles. The maximum atomic E-state index is 10.2. The van der Waals surface area contributed by atoms with Gasteiger partial charge in [0.2, 0.25) is 0 Å². The summed E-state index contributed by atoms with van der Waals surface area (Å²) in [5.41, 5.74) is 0. The van der Waals surface area contributed by atoms with Crippen LogP contribution in [0, 0.1) is 11.8 Å². The van der Waals surface area contributed by atoms with E-state index in [1.165, 1.54) is 7.11 Å². The van der Waals surface area contributed by atoms with E-state index in [2.05, 4.69) is 11.8 Å². The fourth-order valence-corrected chi connectivity index (χ4v) is 0.649. The van der Waals surface area contributed by atoms with Crippen LogP contribution in [0.3, 0.4) is 0 Å². The number of hydrogen-bond acceptors (Lipinski definition) is 2. The van der Waals surface area contributed by atoms with Crippen molar-refractivity contribution in [1.82, 2.24) is 0 Å². The van der Waals surface area contributed by atoms with E-state index in [1.807, 2.05) is 0 Å². The Balaban J connectivity index is 3.72. The lowest BCUT2D eigenvalue weighted by Crippen LogP contribution is -2.14. The fraction of sp³-hybridized carbons (Fsp3) is 0.625. The first-order valence-electron chi connectivity index (χ1n) is 3.35. The number of hydrogen-bond donors (Lipinski definition) is 1. The van der Waals surface area contributed by atoms with E-state index >= 15 is 0 Å². The van der Waals surface area contributed by atoms with E-state index in [1.54, 1.807) is 6.92 Å². The Morgan fingerprint density at radius 1 is 1.73 bits per heavy atom. The number of carboxylic acids is 1. The molecule has 0 radical (unpaired) electrons. The van der Waals surface area contributed by atoms with E-state index in [0.29, 0.717) is 6.42 Å². The molecule has 0 aromatic heterocycles. The Morgan fingerprint density at radius 3 is 2.73 bits per heavy atom. The predicted octanol–water partition coefficient (Wildman–Crippen LogP) is 0.889. The van der Waals surface area contributed by atoms with Crippen molar-refractivity contribution >= 4 is 5.97 Å². The van der Waals surface area contributed by atoms with Gasteiger partial charge in [-0.25, -0.2) is 0 Å². The largest absolute Gasteiger partial charge is 0.481 e. The maximum Gasteiger partial charge on any atom is 0.306 e. The van der Waals surface area contributed by atoms with Gasteiger partial charge in [0.15, 0.2) is 0 Å². The molecule has 0 bridgehead atoms. The topological polar surface area (TPSA) is 46.5 Å². The molecule has 3 nitrogen and oxygen atoms in total. The first-order chi connectivity index (χ1) is 5.20. The number of carbonyl (C=O) groups is 1. The molecule has 0 saturated carbocycles. The van der Waals surface area contributed by atoms with Gasteiger partial charge in [0.05, 0.1) is 12.5 Å². The van der Waals surface area contributed by atoms with Crippen molar-refractivity contribution in [2.24, 2.45) is 0 Å². The number of aliphatic carboxylic acids is 1. The average Bonchev–Trinajstić information content (AvgIpc) is 1.97. The van der Waals surface area contributed by atoms with Gasteiger partial charge in [-0.05, 0) is 6.92 Å². The van der Waals surface area contributed by atoms with Gasteiger partial charge in [0.25, 0.3) is 0 Å². The molecule has 0 aliphatic rings. The number of ether oxygens (including phenoxy) is 1. The first-order valence-corrected chi connectivity index (χ1v) is 3.35. The molecule has 0 aromatic rings. The zero-order valence-corrected chi connectivity index (χ0v) is 6.76. The van der Waals surface area contributed by atoms with E-state index in [0.717, 1.165) is 0 Å². The third-order valence-electron chi connectivity index (χ3n) is 1.24. The fourth-order valence-electron chi connectivity index (χ4n) is 0.649. The molecule has 1 unspecified atom stereocenters. The summed E-state index contributed by atoms with van der Waals surface area (Å²) in [5, 5.41) is 8.39. The highest BCUT2D eigenvalue weighted by atomic mass is 16.5. The molecule has 1 atom stereocenters.